The monoisotopic (exact) mass is 358 g/mol. The first-order chi connectivity index (χ1) is 12.3. The van der Waals surface area contributed by atoms with Crippen molar-refractivity contribution in [3.63, 3.8) is 0 Å². The molecule has 1 saturated heterocycles. The molecule has 0 bridgehead atoms. The smallest absolute Gasteiger partial charge is 0.493 e. The van der Waals surface area contributed by atoms with Gasteiger partial charge in [0.25, 0.3) is 0 Å². The predicted octanol–water partition coefficient (Wildman–Crippen LogP) is 4.97. The molecule has 4 heteroatoms. The Morgan fingerprint density at radius 2 is 1.46 bits per heavy atom. The van der Waals surface area contributed by atoms with Crippen LogP contribution >= 0.6 is 0 Å². The molecule has 1 aromatic rings. The van der Waals surface area contributed by atoms with Crippen LogP contribution < -0.4 is 10.2 Å². The van der Waals surface area contributed by atoms with Gasteiger partial charge >= 0.3 is 7.12 Å². The summed E-state index contributed by atoms with van der Waals surface area (Å²) in [7, 11) is -0.303. The summed E-state index contributed by atoms with van der Waals surface area (Å²) in [6, 6.07) is 8.22. The molecule has 2 fully saturated rings. The number of hydrogen-bond donors (Lipinski definition) is 0. The zero-order valence-electron chi connectivity index (χ0n) is 17.2. The highest BCUT2D eigenvalue weighted by molar-refractivity contribution is 6.62. The summed E-state index contributed by atoms with van der Waals surface area (Å²) < 4.78 is 18.3. The minimum Gasteiger partial charge on any atom is -0.493 e. The van der Waals surface area contributed by atoms with E-state index in [1.165, 1.54) is 38.5 Å². The van der Waals surface area contributed by atoms with E-state index in [1.54, 1.807) is 0 Å². The van der Waals surface area contributed by atoms with Crippen LogP contribution in [-0.2, 0) is 9.31 Å². The summed E-state index contributed by atoms with van der Waals surface area (Å²) in [6.07, 6.45) is 8.10. The van der Waals surface area contributed by atoms with Gasteiger partial charge in [-0.15, -0.1) is 0 Å². The van der Waals surface area contributed by atoms with Crippen LogP contribution in [0.4, 0.5) is 0 Å². The van der Waals surface area contributed by atoms with E-state index in [0.29, 0.717) is 5.92 Å². The third-order valence-electron chi connectivity index (χ3n) is 6.55. The molecule has 26 heavy (non-hydrogen) atoms. The van der Waals surface area contributed by atoms with E-state index < -0.39 is 0 Å². The van der Waals surface area contributed by atoms with Crippen molar-refractivity contribution < 1.29 is 14.0 Å². The van der Waals surface area contributed by atoms with E-state index in [9.17, 15) is 0 Å². The van der Waals surface area contributed by atoms with Gasteiger partial charge < -0.3 is 14.0 Å². The highest BCUT2D eigenvalue weighted by Crippen LogP contribution is 2.36. The van der Waals surface area contributed by atoms with Crippen molar-refractivity contribution >= 4 is 12.6 Å². The van der Waals surface area contributed by atoms with Crippen LogP contribution in [0.25, 0.3) is 0 Å². The highest BCUT2D eigenvalue weighted by Gasteiger charge is 2.51. The molecule has 3 rings (SSSR count). The van der Waals surface area contributed by atoms with Crippen molar-refractivity contribution in [1.82, 2.24) is 0 Å². The lowest BCUT2D eigenvalue weighted by Gasteiger charge is -2.32. The molecule has 1 heterocycles. The van der Waals surface area contributed by atoms with Gasteiger partial charge in [-0.2, -0.15) is 0 Å². The molecule has 1 aliphatic carbocycles. The molecular formula is C22H35BO3. The maximum absolute atomic E-state index is 6.11. The number of hydrogen-bond acceptors (Lipinski definition) is 3. The minimum absolute atomic E-state index is 0.302. The van der Waals surface area contributed by atoms with Crippen molar-refractivity contribution in [2.24, 2.45) is 11.8 Å². The van der Waals surface area contributed by atoms with Crippen LogP contribution in [0.3, 0.4) is 0 Å². The molecule has 0 N–H and O–H groups in total. The van der Waals surface area contributed by atoms with E-state index >= 15 is 0 Å². The zero-order valence-corrected chi connectivity index (χ0v) is 17.2. The quantitative estimate of drug-likeness (QED) is 0.672. The van der Waals surface area contributed by atoms with Crippen molar-refractivity contribution in [3.8, 4) is 5.75 Å². The predicted molar refractivity (Wildman–Crippen MR) is 108 cm³/mol. The van der Waals surface area contributed by atoms with Crippen LogP contribution in [0.15, 0.2) is 24.3 Å². The first-order valence-corrected chi connectivity index (χ1v) is 10.4. The number of ether oxygens (including phenoxy) is 1. The second kappa shape index (κ2) is 7.94. The Balaban J connectivity index is 1.48. The summed E-state index contributed by atoms with van der Waals surface area (Å²) in [5.74, 6) is 2.61. The maximum Gasteiger partial charge on any atom is 0.494 e. The minimum atomic E-state index is -0.303. The Morgan fingerprint density at radius 3 is 2.00 bits per heavy atom. The molecule has 1 aromatic carbocycles. The number of rotatable bonds is 6. The highest BCUT2D eigenvalue weighted by atomic mass is 16.7. The van der Waals surface area contributed by atoms with Crippen molar-refractivity contribution in [1.29, 1.82) is 0 Å². The van der Waals surface area contributed by atoms with Gasteiger partial charge in [-0.1, -0.05) is 44.7 Å². The lowest BCUT2D eigenvalue weighted by atomic mass is 9.79. The van der Waals surface area contributed by atoms with Crippen LogP contribution in [0.1, 0.15) is 73.1 Å². The van der Waals surface area contributed by atoms with Crippen LogP contribution in [0.2, 0.25) is 0 Å². The summed E-state index contributed by atoms with van der Waals surface area (Å²) in [5.41, 5.74) is 0.448. The Bertz CT molecular complexity index is 558. The molecule has 0 amide bonds. The lowest BCUT2D eigenvalue weighted by molar-refractivity contribution is 0.00578. The van der Waals surface area contributed by atoms with Crippen molar-refractivity contribution in [2.45, 2.75) is 84.3 Å². The third kappa shape index (κ3) is 4.45. The van der Waals surface area contributed by atoms with E-state index in [0.717, 1.165) is 23.7 Å². The molecule has 0 aromatic heterocycles. The van der Waals surface area contributed by atoms with Crippen LogP contribution in [-0.4, -0.2) is 24.9 Å². The Hall–Kier alpha value is -0.995. The van der Waals surface area contributed by atoms with Gasteiger partial charge in [-0.3, -0.25) is 0 Å². The van der Waals surface area contributed by atoms with E-state index in [1.807, 2.05) is 12.1 Å². The van der Waals surface area contributed by atoms with Gasteiger partial charge in [0.2, 0.25) is 0 Å². The summed E-state index contributed by atoms with van der Waals surface area (Å²) in [5, 5.41) is 0. The second-order valence-corrected chi connectivity index (χ2v) is 9.14. The summed E-state index contributed by atoms with van der Waals surface area (Å²) >= 11 is 0. The topological polar surface area (TPSA) is 27.7 Å². The van der Waals surface area contributed by atoms with E-state index in [4.69, 9.17) is 14.0 Å². The molecule has 3 nitrogen and oxygen atoms in total. The van der Waals surface area contributed by atoms with Crippen molar-refractivity contribution in [3.05, 3.63) is 24.3 Å². The summed E-state index contributed by atoms with van der Waals surface area (Å²) in [4.78, 5) is 0. The lowest BCUT2D eigenvalue weighted by Crippen LogP contribution is -2.41. The Morgan fingerprint density at radius 1 is 0.923 bits per heavy atom. The Kier molecular flexibility index (Phi) is 6.03. The number of benzene rings is 1. The fraction of sp³-hybridized carbons (Fsp3) is 0.727. The zero-order chi connectivity index (χ0) is 18.8. The first kappa shape index (κ1) is 19.8. The molecule has 1 aliphatic heterocycles. The first-order valence-electron chi connectivity index (χ1n) is 10.4. The van der Waals surface area contributed by atoms with Gasteiger partial charge in [0, 0.05) is 0 Å². The Labute approximate surface area is 159 Å². The molecule has 1 saturated carbocycles. The second-order valence-electron chi connectivity index (χ2n) is 9.14. The van der Waals surface area contributed by atoms with E-state index in [2.05, 4.69) is 46.8 Å². The molecule has 2 aliphatic rings. The van der Waals surface area contributed by atoms with Gasteiger partial charge in [-0.25, -0.2) is 0 Å². The molecule has 0 unspecified atom stereocenters. The molecule has 144 valence electrons. The van der Waals surface area contributed by atoms with E-state index in [-0.39, 0.29) is 18.3 Å². The average Bonchev–Trinajstić information content (AvgIpc) is 2.83. The normalized spacial score (nSPS) is 27.5. The van der Waals surface area contributed by atoms with Crippen LogP contribution in [0.5, 0.6) is 5.75 Å². The molecule has 0 radical (unpaired) electrons. The fourth-order valence-corrected chi connectivity index (χ4v) is 4.01. The van der Waals surface area contributed by atoms with Gasteiger partial charge in [0.05, 0.1) is 17.8 Å². The van der Waals surface area contributed by atoms with Crippen molar-refractivity contribution in [2.75, 3.05) is 6.61 Å². The standard InChI is InChI=1S/C22H35BO3/c1-6-7-17-8-10-18(11-9-17)16-24-20-14-12-19(13-15-20)23-25-21(2,3)22(4,5)26-23/h12-15,17-18H,6-11,16H2,1-5H3. The average molecular weight is 358 g/mol. The SMILES string of the molecule is CCCC1CCC(COc2ccc(B3OC(C)(C)C(C)(C)O3)cc2)CC1. The largest absolute Gasteiger partial charge is 0.494 e. The maximum atomic E-state index is 6.11. The van der Waals surface area contributed by atoms with Gasteiger partial charge in [-0.05, 0) is 70.0 Å². The third-order valence-corrected chi connectivity index (χ3v) is 6.55. The van der Waals surface area contributed by atoms with Gasteiger partial charge in [0.15, 0.2) is 0 Å². The fourth-order valence-electron chi connectivity index (χ4n) is 4.01. The summed E-state index contributed by atoms with van der Waals surface area (Å²) in [6.45, 7) is 11.5. The van der Waals surface area contributed by atoms with Crippen LogP contribution in [0, 0.1) is 11.8 Å². The van der Waals surface area contributed by atoms with Gasteiger partial charge in [0.1, 0.15) is 5.75 Å². The molecule has 0 atom stereocenters. The molecular weight excluding hydrogens is 323 g/mol. The molecule has 0 spiro atoms.